The molecule has 1 unspecified atom stereocenters. The van der Waals surface area contributed by atoms with Crippen molar-refractivity contribution in [3.63, 3.8) is 0 Å². The average Bonchev–Trinajstić information content (AvgIpc) is 3.08. The van der Waals surface area contributed by atoms with Gasteiger partial charge in [-0.1, -0.05) is 36.4 Å². The van der Waals surface area contributed by atoms with E-state index in [9.17, 15) is 9.59 Å². The number of nitrogens with zero attached hydrogens (tertiary/aromatic N) is 2. The summed E-state index contributed by atoms with van der Waals surface area (Å²) in [5.74, 6) is 0.106. The van der Waals surface area contributed by atoms with E-state index in [1.54, 1.807) is 24.3 Å². The summed E-state index contributed by atoms with van der Waals surface area (Å²) < 4.78 is 2.10. The first kappa shape index (κ1) is 18.9. The maximum Gasteiger partial charge on any atom is 0.276 e. The van der Waals surface area contributed by atoms with Crippen LogP contribution in [0.15, 0.2) is 45.7 Å². The van der Waals surface area contributed by atoms with Crippen molar-refractivity contribution in [2.75, 3.05) is 5.75 Å². The monoisotopic (exact) mass is 407 g/mol. The number of halogens is 1. The van der Waals surface area contributed by atoms with Crippen molar-refractivity contribution in [3.05, 3.63) is 51.1 Å². The van der Waals surface area contributed by atoms with Gasteiger partial charge in [-0.3, -0.25) is 14.2 Å². The number of amides is 1. The molecule has 0 aliphatic heterocycles. The van der Waals surface area contributed by atoms with Crippen LogP contribution in [0.3, 0.4) is 0 Å². The zero-order chi connectivity index (χ0) is 18.7. The summed E-state index contributed by atoms with van der Waals surface area (Å²) in [6.07, 6.45) is 0.864. The van der Waals surface area contributed by atoms with E-state index in [1.807, 2.05) is 25.3 Å². The van der Waals surface area contributed by atoms with Crippen LogP contribution in [0, 0.1) is 0 Å². The first-order chi connectivity index (χ1) is 12.5. The summed E-state index contributed by atoms with van der Waals surface area (Å²) in [5.41, 5.74) is 1.12. The highest BCUT2D eigenvalue weighted by atomic mass is 35.5. The lowest BCUT2D eigenvalue weighted by Gasteiger charge is -2.14. The highest BCUT2D eigenvalue weighted by molar-refractivity contribution is 7.99. The Kier molecular flexibility index (Phi) is 6.01. The third kappa shape index (κ3) is 4.11. The predicted molar refractivity (Wildman–Crippen MR) is 109 cm³/mol. The number of carbonyl (C=O) groups is 1. The van der Waals surface area contributed by atoms with Crippen molar-refractivity contribution in [1.82, 2.24) is 14.9 Å². The van der Waals surface area contributed by atoms with Gasteiger partial charge in [0, 0.05) is 11.1 Å². The van der Waals surface area contributed by atoms with Crippen molar-refractivity contribution >= 4 is 50.8 Å². The number of fused-ring (bicyclic) bond motifs is 1. The molecule has 3 aromatic rings. The summed E-state index contributed by atoms with van der Waals surface area (Å²) in [7, 11) is 0. The van der Waals surface area contributed by atoms with Gasteiger partial charge in [0.15, 0.2) is 5.16 Å². The van der Waals surface area contributed by atoms with Crippen molar-refractivity contribution in [3.8, 4) is 5.69 Å². The molecule has 136 valence electrons. The van der Waals surface area contributed by atoms with E-state index in [2.05, 4.69) is 10.3 Å². The number of nitrogens with one attached hydrogen (secondary N) is 1. The van der Waals surface area contributed by atoms with Crippen molar-refractivity contribution in [2.45, 2.75) is 31.5 Å². The summed E-state index contributed by atoms with van der Waals surface area (Å²) in [4.78, 5) is 29.7. The fourth-order valence-corrected chi connectivity index (χ4v) is 4.15. The molecule has 2 heterocycles. The smallest absolute Gasteiger partial charge is 0.276 e. The van der Waals surface area contributed by atoms with Crippen LogP contribution in [0.4, 0.5) is 0 Å². The van der Waals surface area contributed by atoms with Crippen LogP contribution in [-0.4, -0.2) is 27.3 Å². The second kappa shape index (κ2) is 8.24. The number of benzene rings is 1. The Morgan fingerprint density at radius 1 is 1.42 bits per heavy atom. The molecule has 0 fully saturated rings. The standard InChI is InChI=1S/C18H18ClN3O2S2/c1-3-11(2)20-15(23)10-26-18-21-14-7-8-25-16(14)17(24)22(18)13-6-4-5-12(19)9-13/h4-9,11H,3,10H2,1-2H3,(H,20,23). The Balaban J connectivity index is 1.99. The van der Waals surface area contributed by atoms with Crippen LogP contribution < -0.4 is 10.9 Å². The number of rotatable bonds is 6. The highest BCUT2D eigenvalue weighted by Gasteiger charge is 2.16. The highest BCUT2D eigenvalue weighted by Crippen LogP contribution is 2.24. The Morgan fingerprint density at radius 3 is 2.96 bits per heavy atom. The van der Waals surface area contributed by atoms with E-state index in [1.165, 1.54) is 27.7 Å². The zero-order valence-corrected chi connectivity index (χ0v) is 16.7. The molecular weight excluding hydrogens is 390 g/mol. The van der Waals surface area contributed by atoms with Crippen molar-refractivity contribution in [1.29, 1.82) is 0 Å². The normalized spacial score (nSPS) is 12.3. The van der Waals surface area contributed by atoms with Crippen LogP contribution in [0.1, 0.15) is 20.3 Å². The average molecular weight is 408 g/mol. The summed E-state index contributed by atoms with van der Waals surface area (Å²) >= 11 is 8.69. The molecular formula is C18H18ClN3O2S2. The lowest BCUT2D eigenvalue weighted by Crippen LogP contribution is -2.33. The molecule has 3 rings (SSSR count). The topological polar surface area (TPSA) is 64.0 Å². The van der Waals surface area contributed by atoms with Gasteiger partial charge in [0.05, 0.1) is 17.0 Å². The number of thioether (sulfide) groups is 1. The molecule has 0 radical (unpaired) electrons. The first-order valence-corrected chi connectivity index (χ1v) is 10.4. The van der Waals surface area contributed by atoms with Gasteiger partial charge in [0.1, 0.15) is 4.70 Å². The molecule has 0 aliphatic carbocycles. The van der Waals surface area contributed by atoms with E-state index in [-0.39, 0.29) is 23.3 Å². The maximum absolute atomic E-state index is 13.0. The maximum atomic E-state index is 13.0. The van der Waals surface area contributed by atoms with Gasteiger partial charge in [-0.15, -0.1) is 11.3 Å². The van der Waals surface area contributed by atoms with E-state index in [0.717, 1.165) is 6.42 Å². The number of aromatic nitrogens is 2. The number of carbonyl (C=O) groups excluding carboxylic acids is 1. The van der Waals surface area contributed by atoms with Gasteiger partial charge >= 0.3 is 0 Å². The minimum Gasteiger partial charge on any atom is -0.353 e. The molecule has 0 aliphatic rings. The molecule has 0 spiro atoms. The van der Waals surface area contributed by atoms with Crippen molar-refractivity contribution in [2.24, 2.45) is 0 Å². The third-order valence-corrected chi connectivity index (χ3v) is 5.93. The van der Waals surface area contributed by atoms with E-state index < -0.39 is 0 Å². The van der Waals surface area contributed by atoms with Gasteiger partial charge in [0.25, 0.3) is 5.56 Å². The molecule has 0 saturated carbocycles. The van der Waals surface area contributed by atoms with Gasteiger partial charge in [-0.05, 0) is 43.0 Å². The molecule has 1 aromatic carbocycles. The summed E-state index contributed by atoms with van der Waals surface area (Å²) in [6, 6.07) is 8.98. The molecule has 26 heavy (non-hydrogen) atoms. The third-order valence-electron chi connectivity index (χ3n) is 3.87. The molecule has 1 amide bonds. The van der Waals surface area contributed by atoms with Gasteiger partial charge in [-0.25, -0.2) is 4.98 Å². The summed E-state index contributed by atoms with van der Waals surface area (Å²) in [6.45, 7) is 3.97. The Labute approximate surface area is 164 Å². The SMILES string of the molecule is CCC(C)NC(=O)CSc1nc2ccsc2c(=O)n1-c1cccc(Cl)c1. The quantitative estimate of drug-likeness (QED) is 0.493. The Bertz CT molecular complexity index is 1000. The molecule has 5 nitrogen and oxygen atoms in total. The molecule has 0 bridgehead atoms. The van der Waals surface area contributed by atoms with Crippen LogP contribution in [0.5, 0.6) is 0 Å². The van der Waals surface area contributed by atoms with Crippen LogP contribution >= 0.6 is 34.7 Å². The number of thiophene rings is 1. The van der Waals surface area contributed by atoms with Crippen molar-refractivity contribution < 1.29 is 4.79 Å². The second-order valence-corrected chi connectivity index (χ2v) is 8.11. The molecule has 1 N–H and O–H groups in total. The predicted octanol–water partition coefficient (Wildman–Crippen LogP) is 4.11. The van der Waals surface area contributed by atoms with E-state index in [4.69, 9.17) is 11.6 Å². The largest absolute Gasteiger partial charge is 0.353 e. The van der Waals surface area contributed by atoms with Crippen LogP contribution in [0.2, 0.25) is 5.02 Å². The fraction of sp³-hybridized carbons (Fsp3) is 0.278. The van der Waals surface area contributed by atoms with Gasteiger partial charge < -0.3 is 5.32 Å². The minimum atomic E-state index is -0.155. The molecule has 0 saturated heterocycles. The van der Waals surface area contributed by atoms with E-state index >= 15 is 0 Å². The second-order valence-electron chi connectivity index (χ2n) is 5.82. The molecule has 1 atom stereocenters. The molecule has 2 aromatic heterocycles. The lowest BCUT2D eigenvalue weighted by molar-refractivity contribution is -0.119. The molecule has 8 heteroatoms. The Hall–Kier alpha value is -1.83. The lowest BCUT2D eigenvalue weighted by atomic mass is 10.3. The Morgan fingerprint density at radius 2 is 2.23 bits per heavy atom. The van der Waals surface area contributed by atoms with Gasteiger partial charge in [0.2, 0.25) is 5.91 Å². The number of hydrogen-bond donors (Lipinski definition) is 1. The first-order valence-electron chi connectivity index (χ1n) is 8.18. The minimum absolute atomic E-state index is 0.0818. The van der Waals surface area contributed by atoms with E-state index in [0.29, 0.717) is 26.1 Å². The van der Waals surface area contributed by atoms with Gasteiger partial charge in [-0.2, -0.15) is 0 Å². The van der Waals surface area contributed by atoms with Crippen LogP contribution in [-0.2, 0) is 4.79 Å². The summed E-state index contributed by atoms with van der Waals surface area (Å²) in [5, 5.41) is 5.77. The number of hydrogen-bond acceptors (Lipinski definition) is 5. The zero-order valence-electron chi connectivity index (χ0n) is 14.4. The fourth-order valence-electron chi connectivity index (χ4n) is 2.38. The van der Waals surface area contributed by atoms with Crippen LogP contribution in [0.25, 0.3) is 15.9 Å².